The Bertz CT molecular complexity index is 530. The van der Waals surface area contributed by atoms with Crippen molar-refractivity contribution in [2.75, 3.05) is 6.61 Å². The fraction of sp³-hybridized carbons (Fsp3) is 0.579. The average molecular weight is 319 g/mol. The van der Waals surface area contributed by atoms with Gasteiger partial charge in [-0.25, -0.2) is 0 Å². The van der Waals surface area contributed by atoms with Crippen LogP contribution < -0.4 is 0 Å². The van der Waals surface area contributed by atoms with Gasteiger partial charge in [0.05, 0.1) is 5.60 Å². The molecule has 0 aromatic heterocycles. The van der Waals surface area contributed by atoms with E-state index in [0.717, 1.165) is 5.56 Å². The van der Waals surface area contributed by atoms with Gasteiger partial charge in [-0.3, -0.25) is 0 Å². The highest BCUT2D eigenvalue weighted by Gasteiger charge is 2.59. The van der Waals surface area contributed by atoms with Crippen molar-refractivity contribution in [1.29, 1.82) is 0 Å². The fourth-order valence-corrected chi connectivity index (χ4v) is 3.55. The van der Waals surface area contributed by atoms with E-state index in [1.54, 1.807) is 0 Å². The van der Waals surface area contributed by atoms with Crippen molar-refractivity contribution in [3.05, 3.63) is 42.0 Å². The summed E-state index contributed by atoms with van der Waals surface area (Å²) in [6.07, 6.45) is 3.97. The third-order valence-electron chi connectivity index (χ3n) is 5.59. The molecule has 3 atom stereocenters. The molecule has 0 bridgehead atoms. The van der Waals surface area contributed by atoms with E-state index in [-0.39, 0.29) is 16.9 Å². The molecule has 0 heterocycles. The normalized spacial score (nSPS) is 29.0. The van der Waals surface area contributed by atoms with Crippen LogP contribution in [0, 0.1) is 11.8 Å². The lowest BCUT2D eigenvalue weighted by Gasteiger charge is -2.36. The van der Waals surface area contributed by atoms with E-state index < -0.39 is 13.9 Å². The Kier molecular flexibility index (Phi) is 4.72. The van der Waals surface area contributed by atoms with Gasteiger partial charge in [0, 0.05) is 12.5 Å². The highest BCUT2D eigenvalue weighted by atomic mass is 28.4. The molecule has 0 radical (unpaired) electrons. The maximum atomic E-state index is 10.8. The van der Waals surface area contributed by atoms with Crippen LogP contribution in [0.3, 0.4) is 0 Å². The first kappa shape index (κ1) is 17.5. The Morgan fingerprint density at radius 2 is 1.82 bits per heavy atom. The van der Waals surface area contributed by atoms with Gasteiger partial charge in [0.1, 0.15) is 0 Å². The molecule has 1 fully saturated rings. The second kappa shape index (κ2) is 5.95. The SMILES string of the molecule is C[C@@H]1[C@H](CO[Si](C)(C)C(C)(C)C)[C@@]1(O)/C=C/c1ccccc1. The van der Waals surface area contributed by atoms with Gasteiger partial charge in [0.15, 0.2) is 8.32 Å². The third-order valence-corrected chi connectivity index (χ3v) is 10.1. The zero-order valence-electron chi connectivity index (χ0n) is 14.8. The minimum absolute atomic E-state index is 0.210. The molecule has 0 aliphatic heterocycles. The van der Waals surface area contributed by atoms with Crippen molar-refractivity contribution in [3.8, 4) is 0 Å². The third kappa shape index (κ3) is 3.53. The molecule has 1 aliphatic carbocycles. The summed E-state index contributed by atoms with van der Waals surface area (Å²) in [4.78, 5) is 0. The smallest absolute Gasteiger partial charge is 0.191 e. The molecule has 122 valence electrons. The predicted molar refractivity (Wildman–Crippen MR) is 96.2 cm³/mol. The van der Waals surface area contributed by atoms with Crippen LogP contribution in [0.2, 0.25) is 18.1 Å². The number of aliphatic hydroxyl groups is 1. The van der Waals surface area contributed by atoms with E-state index in [9.17, 15) is 5.11 Å². The Morgan fingerprint density at radius 1 is 1.23 bits per heavy atom. The summed E-state index contributed by atoms with van der Waals surface area (Å²) < 4.78 is 6.28. The van der Waals surface area contributed by atoms with Crippen molar-refractivity contribution in [1.82, 2.24) is 0 Å². The molecule has 1 N–H and O–H groups in total. The van der Waals surface area contributed by atoms with Gasteiger partial charge >= 0.3 is 0 Å². The lowest BCUT2D eigenvalue weighted by Crippen LogP contribution is -2.41. The lowest BCUT2D eigenvalue weighted by molar-refractivity contribution is 0.152. The summed E-state index contributed by atoms with van der Waals surface area (Å²) in [5, 5.41) is 11.0. The minimum Gasteiger partial charge on any atom is -0.416 e. The average Bonchev–Trinajstić information content (AvgIpc) is 2.96. The second-order valence-electron chi connectivity index (χ2n) is 8.10. The minimum atomic E-state index is -1.74. The summed E-state index contributed by atoms with van der Waals surface area (Å²) in [6.45, 7) is 14.0. The summed E-state index contributed by atoms with van der Waals surface area (Å²) in [5.74, 6) is 0.471. The Hall–Kier alpha value is -0.903. The van der Waals surface area contributed by atoms with Gasteiger partial charge < -0.3 is 9.53 Å². The zero-order chi connectivity index (χ0) is 16.6. The van der Waals surface area contributed by atoms with Gasteiger partial charge in [-0.15, -0.1) is 0 Å². The first-order valence-corrected chi connectivity index (χ1v) is 11.1. The number of hydrogen-bond donors (Lipinski definition) is 1. The first-order valence-electron chi connectivity index (χ1n) is 8.18. The van der Waals surface area contributed by atoms with Crippen LogP contribution in [-0.2, 0) is 4.43 Å². The van der Waals surface area contributed by atoms with Crippen molar-refractivity contribution >= 4 is 14.4 Å². The van der Waals surface area contributed by atoms with E-state index in [0.29, 0.717) is 6.61 Å². The van der Waals surface area contributed by atoms with Crippen LogP contribution in [0.25, 0.3) is 6.08 Å². The Labute approximate surface area is 136 Å². The molecule has 1 aromatic rings. The van der Waals surface area contributed by atoms with E-state index in [4.69, 9.17) is 4.43 Å². The Morgan fingerprint density at radius 3 is 2.36 bits per heavy atom. The van der Waals surface area contributed by atoms with Gasteiger partial charge in [-0.05, 0) is 29.6 Å². The van der Waals surface area contributed by atoms with Gasteiger partial charge in [-0.2, -0.15) is 0 Å². The molecular weight excluding hydrogens is 288 g/mol. The van der Waals surface area contributed by atoms with E-state index >= 15 is 0 Å². The first-order chi connectivity index (χ1) is 10.1. The monoisotopic (exact) mass is 318 g/mol. The number of rotatable bonds is 5. The van der Waals surface area contributed by atoms with E-state index in [2.05, 4.69) is 40.8 Å². The summed E-state index contributed by atoms with van der Waals surface area (Å²) in [6, 6.07) is 10.1. The number of benzene rings is 1. The molecule has 22 heavy (non-hydrogen) atoms. The van der Waals surface area contributed by atoms with Gasteiger partial charge in [0.2, 0.25) is 0 Å². The van der Waals surface area contributed by atoms with Crippen LogP contribution in [0.4, 0.5) is 0 Å². The predicted octanol–water partition coefficient (Wildman–Crippen LogP) is 4.72. The maximum absolute atomic E-state index is 10.8. The highest BCUT2D eigenvalue weighted by Crippen LogP contribution is 2.52. The number of hydrogen-bond acceptors (Lipinski definition) is 2. The van der Waals surface area contributed by atoms with Gasteiger partial charge in [0.25, 0.3) is 0 Å². The van der Waals surface area contributed by atoms with Gasteiger partial charge in [-0.1, -0.05) is 70.2 Å². The highest BCUT2D eigenvalue weighted by molar-refractivity contribution is 6.74. The zero-order valence-corrected chi connectivity index (χ0v) is 15.8. The second-order valence-corrected chi connectivity index (χ2v) is 12.9. The van der Waals surface area contributed by atoms with Crippen LogP contribution in [0.1, 0.15) is 33.3 Å². The molecule has 1 aromatic carbocycles. The Balaban J connectivity index is 1.96. The maximum Gasteiger partial charge on any atom is 0.191 e. The van der Waals surface area contributed by atoms with Crippen molar-refractivity contribution < 1.29 is 9.53 Å². The molecule has 1 aliphatic rings. The molecular formula is C19H30O2Si. The summed E-state index contributed by atoms with van der Waals surface area (Å²) in [5.41, 5.74) is 0.414. The van der Waals surface area contributed by atoms with Crippen LogP contribution in [0.5, 0.6) is 0 Å². The van der Waals surface area contributed by atoms with Crippen LogP contribution >= 0.6 is 0 Å². The summed E-state index contributed by atoms with van der Waals surface area (Å²) >= 11 is 0. The summed E-state index contributed by atoms with van der Waals surface area (Å²) in [7, 11) is -1.74. The lowest BCUT2D eigenvalue weighted by atomic mass is 10.1. The molecule has 0 spiro atoms. The molecule has 0 saturated heterocycles. The molecule has 3 heteroatoms. The molecule has 2 nitrogen and oxygen atoms in total. The quantitative estimate of drug-likeness (QED) is 0.796. The van der Waals surface area contributed by atoms with Crippen LogP contribution in [0.15, 0.2) is 36.4 Å². The fourth-order valence-electron chi connectivity index (χ4n) is 2.52. The topological polar surface area (TPSA) is 29.5 Å². The van der Waals surface area contributed by atoms with E-state index in [1.807, 2.05) is 42.5 Å². The molecule has 2 rings (SSSR count). The van der Waals surface area contributed by atoms with E-state index in [1.165, 1.54) is 0 Å². The standard InChI is InChI=1S/C19H30O2Si/c1-15-17(14-21-22(5,6)18(2,3)4)19(15,20)13-12-16-10-8-7-9-11-16/h7-13,15,17,20H,14H2,1-6H3/b13-12+/t15-,17+,19-/m1/s1. The van der Waals surface area contributed by atoms with Crippen molar-refractivity contribution in [2.24, 2.45) is 11.8 Å². The van der Waals surface area contributed by atoms with Crippen LogP contribution in [-0.4, -0.2) is 25.6 Å². The molecule has 0 unspecified atom stereocenters. The molecule has 1 saturated carbocycles. The van der Waals surface area contributed by atoms with Crippen molar-refractivity contribution in [2.45, 2.75) is 51.4 Å². The molecule has 0 amide bonds. The van der Waals surface area contributed by atoms with Crippen molar-refractivity contribution in [3.63, 3.8) is 0 Å². The largest absolute Gasteiger partial charge is 0.416 e.